The molecular formula is C20H21N3O. The third-order valence-electron chi connectivity index (χ3n) is 4.23. The van der Waals surface area contributed by atoms with Crippen molar-refractivity contribution in [3.63, 3.8) is 0 Å². The van der Waals surface area contributed by atoms with Crippen molar-refractivity contribution >= 4 is 5.91 Å². The molecule has 1 atom stereocenters. The predicted octanol–water partition coefficient (Wildman–Crippen LogP) is 3.83. The van der Waals surface area contributed by atoms with Gasteiger partial charge in [0, 0.05) is 16.8 Å². The smallest absolute Gasteiger partial charge is 0.242 e. The van der Waals surface area contributed by atoms with Crippen molar-refractivity contribution in [1.29, 1.82) is 0 Å². The Morgan fingerprint density at radius 1 is 1.04 bits per heavy atom. The molecule has 0 fully saturated rings. The molecule has 3 aromatic rings. The van der Waals surface area contributed by atoms with E-state index in [4.69, 9.17) is 10.8 Å². The van der Waals surface area contributed by atoms with Crippen molar-refractivity contribution in [2.24, 2.45) is 5.73 Å². The Balaban J connectivity index is 2.30. The van der Waals surface area contributed by atoms with Gasteiger partial charge in [0.2, 0.25) is 5.91 Å². The number of benzene rings is 2. The maximum Gasteiger partial charge on any atom is 0.242 e. The van der Waals surface area contributed by atoms with Gasteiger partial charge in [0.1, 0.15) is 11.7 Å². The zero-order chi connectivity index (χ0) is 17.1. The minimum Gasteiger partial charge on any atom is -0.368 e. The van der Waals surface area contributed by atoms with Crippen LogP contribution in [0.2, 0.25) is 0 Å². The van der Waals surface area contributed by atoms with Gasteiger partial charge in [-0.25, -0.2) is 0 Å². The topological polar surface area (TPSA) is 60.9 Å². The summed E-state index contributed by atoms with van der Waals surface area (Å²) in [5.74, 6) is -0.383. The number of nitrogens with two attached hydrogens (primary N) is 1. The molecule has 0 saturated heterocycles. The van der Waals surface area contributed by atoms with E-state index in [2.05, 4.69) is 19.1 Å². The third kappa shape index (κ3) is 2.83. The minimum atomic E-state index is -0.486. The summed E-state index contributed by atoms with van der Waals surface area (Å²) >= 11 is 0. The first kappa shape index (κ1) is 16.0. The van der Waals surface area contributed by atoms with Gasteiger partial charge in [-0.1, -0.05) is 67.6 Å². The average molecular weight is 319 g/mol. The number of nitrogens with zero attached hydrogens (tertiary/aromatic N) is 2. The van der Waals surface area contributed by atoms with E-state index in [9.17, 15) is 4.79 Å². The summed E-state index contributed by atoms with van der Waals surface area (Å²) in [6.07, 6.45) is 0.766. The number of rotatable bonds is 5. The molecule has 0 aliphatic carbocycles. The molecule has 0 radical (unpaired) electrons. The van der Waals surface area contributed by atoms with Crippen LogP contribution in [0.25, 0.3) is 22.4 Å². The molecule has 1 amide bonds. The molecule has 1 aromatic heterocycles. The molecular weight excluding hydrogens is 298 g/mol. The fraction of sp³-hybridized carbons (Fsp3) is 0.200. The first-order valence-electron chi connectivity index (χ1n) is 8.15. The molecule has 24 heavy (non-hydrogen) atoms. The van der Waals surface area contributed by atoms with E-state index in [-0.39, 0.29) is 5.91 Å². The van der Waals surface area contributed by atoms with Gasteiger partial charge in [0.25, 0.3) is 0 Å². The Bertz CT molecular complexity index is 838. The lowest BCUT2D eigenvalue weighted by Gasteiger charge is -2.12. The van der Waals surface area contributed by atoms with Crippen LogP contribution in [0.5, 0.6) is 0 Å². The quantitative estimate of drug-likeness (QED) is 0.777. The van der Waals surface area contributed by atoms with Crippen LogP contribution in [0.1, 0.15) is 25.6 Å². The van der Waals surface area contributed by atoms with E-state index in [1.807, 2.05) is 48.5 Å². The number of amides is 1. The van der Waals surface area contributed by atoms with Crippen LogP contribution >= 0.6 is 0 Å². The van der Waals surface area contributed by atoms with Gasteiger partial charge in [0.05, 0.1) is 0 Å². The summed E-state index contributed by atoms with van der Waals surface area (Å²) < 4.78 is 1.77. The van der Waals surface area contributed by atoms with E-state index >= 15 is 0 Å². The van der Waals surface area contributed by atoms with Gasteiger partial charge < -0.3 is 5.73 Å². The Hall–Kier alpha value is -2.88. The van der Waals surface area contributed by atoms with Gasteiger partial charge in [-0.05, 0) is 18.9 Å². The van der Waals surface area contributed by atoms with Crippen LogP contribution < -0.4 is 5.73 Å². The highest BCUT2D eigenvalue weighted by Gasteiger charge is 2.23. The fourth-order valence-electron chi connectivity index (χ4n) is 2.96. The molecule has 2 aromatic carbocycles. The summed E-state index contributed by atoms with van der Waals surface area (Å²) in [4.78, 5) is 11.7. The highest BCUT2D eigenvalue weighted by molar-refractivity contribution is 5.84. The van der Waals surface area contributed by atoms with Crippen LogP contribution in [0.4, 0.5) is 0 Å². The normalized spacial score (nSPS) is 12.1. The summed E-state index contributed by atoms with van der Waals surface area (Å²) in [6, 6.07) is 19.7. The number of hydrogen-bond donors (Lipinski definition) is 1. The average Bonchev–Trinajstić information content (AvgIpc) is 3.01. The lowest BCUT2D eigenvalue weighted by atomic mass is 9.98. The Labute approximate surface area is 141 Å². The number of primary amides is 1. The lowest BCUT2D eigenvalue weighted by molar-refractivity contribution is -0.121. The highest BCUT2D eigenvalue weighted by Crippen LogP contribution is 2.36. The summed E-state index contributed by atoms with van der Waals surface area (Å²) in [5.41, 5.74) is 10.6. The Morgan fingerprint density at radius 2 is 1.58 bits per heavy atom. The molecule has 0 aliphatic heterocycles. The second-order valence-electron chi connectivity index (χ2n) is 5.78. The summed E-state index contributed by atoms with van der Waals surface area (Å²) in [5, 5.41) is 4.76. The van der Waals surface area contributed by atoms with Crippen molar-refractivity contribution in [3.05, 3.63) is 66.4 Å². The van der Waals surface area contributed by atoms with Crippen molar-refractivity contribution in [3.8, 4) is 22.4 Å². The minimum absolute atomic E-state index is 0.383. The zero-order valence-corrected chi connectivity index (χ0v) is 13.9. The largest absolute Gasteiger partial charge is 0.368 e. The predicted molar refractivity (Wildman–Crippen MR) is 96.4 cm³/mol. The maximum absolute atomic E-state index is 11.7. The Kier molecular flexibility index (Phi) is 4.47. The molecule has 4 heteroatoms. The number of carbonyl (C=O) groups is 1. The van der Waals surface area contributed by atoms with Gasteiger partial charge in [-0.3, -0.25) is 9.48 Å². The number of carbonyl (C=O) groups excluding carboxylic acids is 1. The molecule has 2 N–H and O–H groups in total. The molecule has 0 bridgehead atoms. The number of hydrogen-bond acceptors (Lipinski definition) is 2. The highest BCUT2D eigenvalue weighted by atomic mass is 16.1. The van der Waals surface area contributed by atoms with Gasteiger partial charge >= 0.3 is 0 Å². The van der Waals surface area contributed by atoms with Crippen molar-refractivity contribution in [1.82, 2.24) is 9.78 Å². The molecule has 0 saturated carbocycles. The zero-order valence-electron chi connectivity index (χ0n) is 13.9. The standard InChI is InChI=1S/C20H21N3O/c1-3-17-18(15-10-6-4-7-11-15)19(16-12-8-5-9-13-16)22-23(17)14(2)20(21)24/h4-14H,3H2,1-2H3,(H2,21,24). The van der Waals surface area contributed by atoms with Crippen molar-refractivity contribution in [2.75, 3.05) is 0 Å². The second-order valence-corrected chi connectivity index (χ2v) is 5.78. The maximum atomic E-state index is 11.7. The van der Waals surface area contributed by atoms with E-state index in [0.29, 0.717) is 0 Å². The first-order valence-corrected chi connectivity index (χ1v) is 8.15. The lowest BCUT2D eigenvalue weighted by Crippen LogP contribution is -2.26. The summed E-state index contributed by atoms with van der Waals surface area (Å²) in [7, 11) is 0. The van der Waals surface area contributed by atoms with Gasteiger partial charge in [0.15, 0.2) is 0 Å². The van der Waals surface area contributed by atoms with Crippen LogP contribution in [-0.4, -0.2) is 15.7 Å². The van der Waals surface area contributed by atoms with E-state index < -0.39 is 6.04 Å². The molecule has 122 valence electrons. The van der Waals surface area contributed by atoms with E-state index in [1.165, 1.54) is 0 Å². The Morgan fingerprint density at radius 3 is 2.08 bits per heavy atom. The molecule has 0 spiro atoms. The van der Waals surface area contributed by atoms with Crippen molar-refractivity contribution < 1.29 is 4.79 Å². The molecule has 1 heterocycles. The molecule has 1 unspecified atom stereocenters. The number of aromatic nitrogens is 2. The van der Waals surface area contributed by atoms with E-state index in [1.54, 1.807) is 11.6 Å². The molecule has 3 rings (SSSR count). The van der Waals surface area contributed by atoms with Crippen LogP contribution in [0.15, 0.2) is 60.7 Å². The van der Waals surface area contributed by atoms with Crippen LogP contribution in [0, 0.1) is 0 Å². The van der Waals surface area contributed by atoms with Crippen LogP contribution in [0.3, 0.4) is 0 Å². The monoisotopic (exact) mass is 319 g/mol. The van der Waals surface area contributed by atoms with Gasteiger partial charge in [-0.2, -0.15) is 5.10 Å². The SMILES string of the molecule is CCc1c(-c2ccccc2)c(-c2ccccc2)nn1C(C)C(N)=O. The fourth-order valence-corrected chi connectivity index (χ4v) is 2.96. The second kappa shape index (κ2) is 6.71. The first-order chi connectivity index (χ1) is 11.6. The van der Waals surface area contributed by atoms with Gasteiger partial charge in [-0.15, -0.1) is 0 Å². The third-order valence-corrected chi connectivity index (χ3v) is 4.23. The molecule has 0 aliphatic rings. The summed E-state index contributed by atoms with van der Waals surface area (Å²) in [6.45, 7) is 3.86. The van der Waals surface area contributed by atoms with Crippen LogP contribution in [-0.2, 0) is 11.2 Å². The molecule has 4 nitrogen and oxygen atoms in total. The van der Waals surface area contributed by atoms with E-state index in [0.717, 1.165) is 34.5 Å². The van der Waals surface area contributed by atoms with Crippen molar-refractivity contribution in [2.45, 2.75) is 26.3 Å².